The molecule has 1 saturated heterocycles. The van der Waals surface area contributed by atoms with Crippen molar-refractivity contribution in [3.63, 3.8) is 0 Å². The maximum Gasteiger partial charge on any atom is 0.302 e. The third kappa shape index (κ3) is 4.73. The van der Waals surface area contributed by atoms with Gasteiger partial charge in [-0.1, -0.05) is 36.4 Å². The topological polar surface area (TPSA) is 70.1 Å². The summed E-state index contributed by atoms with van der Waals surface area (Å²) in [5, 5.41) is 10.3. The number of fused-ring (bicyclic) bond motifs is 1. The van der Waals surface area contributed by atoms with Gasteiger partial charge in [0, 0.05) is 56.4 Å². The second-order valence-corrected chi connectivity index (χ2v) is 9.63. The lowest BCUT2D eigenvalue weighted by Crippen LogP contribution is -2.61. The molecule has 180 valence electrons. The van der Waals surface area contributed by atoms with Gasteiger partial charge in [-0.05, 0) is 49.2 Å². The summed E-state index contributed by atoms with van der Waals surface area (Å²) < 4.78 is 5.94. The smallest absolute Gasteiger partial charge is 0.302 e. The van der Waals surface area contributed by atoms with Crippen molar-refractivity contribution in [3.8, 4) is 5.75 Å². The minimum absolute atomic E-state index is 0.0409. The largest absolute Gasteiger partial charge is 0.508 e. The average molecular weight is 463 g/mol. The molecule has 1 amide bonds. The van der Waals surface area contributed by atoms with E-state index in [2.05, 4.69) is 17.5 Å². The van der Waals surface area contributed by atoms with Crippen LogP contribution in [0.4, 0.5) is 0 Å². The zero-order valence-corrected chi connectivity index (χ0v) is 20.0. The molecular formula is C28H34N2O4. The Kier molecular flexibility index (Phi) is 7.08. The predicted octanol–water partition coefficient (Wildman–Crippen LogP) is 4.00. The van der Waals surface area contributed by atoms with Crippen molar-refractivity contribution >= 4 is 11.9 Å². The first kappa shape index (κ1) is 24.0. The average Bonchev–Trinajstić information content (AvgIpc) is 2.83. The SMILES string of the molecule is C=CCN1CC[C@@]2(c3cccc(O)c3)C[C@@H](N(C)C(=O)c3ccccc3)CC(OC(C)=O)[C@@H]2C1. The molecule has 1 aliphatic heterocycles. The molecule has 2 aliphatic rings. The van der Waals surface area contributed by atoms with E-state index >= 15 is 0 Å². The fraction of sp³-hybridized carbons (Fsp3) is 0.429. The van der Waals surface area contributed by atoms with Crippen molar-refractivity contribution in [1.29, 1.82) is 0 Å². The number of piperidine rings is 1. The lowest BCUT2D eigenvalue weighted by Gasteiger charge is -2.56. The number of nitrogens with zero attached hydrogens (tertiary/aromatic N) is 2. The highest BCUT2D eigenvalue weighted by molar-refractivity contribution is 5.94. The van der Waals surface area contributed by atoms with E-state index in [-0.39, 0.29) is 41.1 Å². The predicted molar refractivity (Wildman–Crippen MR) is 132 cm³/mol. The van der Waals surface area contributed by atoms with E-state index in [1.54, 1.807) is 6.07 Å². The molecule has 34 heavy (non-hydrogen) atoms. The maximum absolute atomic E-state index is 13.3. The molecule has 1 unspecified atom stereocenters. The molecule has 6 heteroatoms. The van der Waals surface area contributed by atoms with Crippen LogP contribution in [-0.4, -0.2) is 65.6 Å². The molecule has 0 spiro atoms. The van der Waals surface area contributed by atoms with E-state index in [1.807, 2.05) is 60.5 Å². The minimum Gasteiger partial charge on any atom is -0.508 e. The van der Waals surface area contributed by atoms with Gasteiger partial charge in [-0.25, -0.2) is 0 Å². The standard InChI is InChI=1S/C28H34N2O4/c1-4-14-30-15-13-28(22-11-8-12-24(32)16-22)18-23(17-26(25(28)19-30)34-20(2)31)29(3)27(33)21-9-6-5-7-10-21/h4-12,16,23,25-26,32H,1,13-15,17-19H2,2-3H3/t23-,25-,26?,28-/m0/s1. The Bertz CT molecular complexity index is 1040. The van der Waals surface area contributed by atoms with Crippen LogP contribution in [0.2, 0.25) is 0 Å². The molecule has 1 N–H and O–H groups in total. The van der Waals surface area contributed by atoms with Crippen LogP contribution in [0, 0.1) is 5.92 Å². The van der Waals surface area contributed by atoms with Crippen LogP contribution < -0.4 is 0 Å². The second kappa shape index (κ2) is 10.0. The van der Waals surface area contributed by atoms with E-state index < -0.39 is 0 Å². The number of phenols is 1. The van der Waals surface area contributed by atoms with Crippen molar-refractivity contribution in [2.75, 3.05) is 26.7 Å². The van der Waals surface area contributed by atoms with E-state index in [1.165, 1.54) is 6.92 Å². The van der Waals surface area contributed by atoms with Gasteiger partial charge in [0.15, 0.2) is 0 Å². The number of hydrogen-bond donors (Lipinski definition) is 1. The Morgan fingerprint density at radius 3 is 2.68 bits per heavy atom. The molecule has 1 aliphatic carbocycles. The van der Waals surface area contributed by atoms with Crippen LogP contribution in [0.15, 0.2) is 67.3 Å². The van der Waals surface area contributed by atoms with Crippen LogP contribution in [0.25, 0.3) is 0 Å². The number of carbonyl (C=O) groups excluding carboxylic acids is 2. The van der Waals surface area contributed by atoms with Gasteiger partial charge in [0.1, 0.15) is 11.9 Å². The fourth-order valence-corrected chi connectivity index (χ4v) is 5.98. The summed E-state index contributed by atoms with van der Waals surface area (Å²) in [5.41, 5.74) is 1.35. The van der Waals surface area contributed by atoms with Crippen LogP contribution in [0.5, 0.6) is 5.75 Å². The summed E-state index contributed by atoms with van der Waals surface area (Å²) in [6.07, 6.45) is 3.74. The molecule has 6 nitrogen and oxygen atoms in total. The zero-order chi connectivity index (χ0) is 24.3. The maximum atomic E-state index is 13.3. The first-order valence-corrected chi connectivity index (χ1v) is 12.0. The molecule has 1 saturated carbocycles. The molecule has 2 aromatic rings. The monoisotopic (exact) mass is 462 g/mol. The van der Waals surface area contributed by atoms with Crippen LogP contribution >= 0.6 is 0 Å². The number of likely N-dealkylation sites (tertiary alicyclic amines) is 1. The van der Waals surface area contributed by atoms with Gasteiger partial charge in [-0.2, -0.15) is 0 Å². The highest BCUT2D eigenvalue weighted by Gasteiger charge is 2.54. The number of benzene rings is 2. The zero-order valence-electron chi connectivity index (χ0n) is 20.0. The summed E-state index contributed by atoms with van der Waals surface area (Å²) in [7, 11) is 1.84. The minimum atomic E-state index is -0.336. The molecule has 1 heterocycles. The Balaban J connectivity index is 1.74. The summed E-state index contributed by atoms with van der Waals surface area (Å²) in [6.45, 7) is 7.75. The van der Waals surface area contributed by atoms with Gasteiger partial charge in [0.2, 0.25) is 0 Å². The van der Waals surface area contributed by atoms with Crippen molar-refractivity contribution in [2.45, 2.75) is 43.7 Å². The highest BCUT2D eigenvalue weighted by atomic mass is 16.5. The lowest BCUT2D eigenvalue weighted by molar-refractivity contribution is -0.158. The summed E-state index contributed by atoms with van der Waals surface area (Å²) >= 11 is 0. The number of ether oxygens (including phenoxy) is 1. The molecule has 0 radical (unpaired) electrons. The lowest BCUT2D eigenvalue weighted by atomic mass is 9.56. The number of amides is 1. The Morgan fingerprint density at radius 2 is 2.00 bits per heavy atom. The molecule has 4 atom stereocenters. The molecular weight excluding hydrogens is 428 g/mol. The normalized spacial score (nSPS) is 26.8. The Morgan fingerprint density at radius 1 is 1.24 bits per heavy atom. The number of hydrogen-bond acceptors (Lipinski definition) is 5. The van der Waals surface area contributed by atoms with E-state index in [0.29, 0.717) is 12.0 Å². The van der Waals surface area contributed by atoms with E-state index in [4.69, 9.17) is 4.74 Å². The van der Waals surface area contributed by atoms with Gasteiger partial charge in [0.25, 0.3) is 5.91 Å². The summed E-state index contributed by atoms with van der Waals surface area (Å²) in [5.74, 6) is -0.0866. The molecule has 0 bridgehead atoms. The fourth-order valence-electron chi connectivity index (χ4n) is 5.98. The van der Waals surface area contributed by atoms with Gasteiger partial charge >= 0.3 is 5.97 Å². The molecule has 2 fully saturated rings. The van der Waals surface area contributed by atoms with Crippen molar-refractivity contribution in [1.82, 2.24) is 9.80 Å². The van der Waals surface area contributed by atoms with Gasteiger partial charge in [-0.3, -0.25) is 14.5 Å². The number of esters is 1. The van der Waals surface area contributed by atoms with Gasteiger partial charge in [-0.15, -0.1) is 6.58 Å². The number of rotatable bonds is 6. The van der Waals surface area contributed by atoms with E-state index in [0.717, 1.165) is 38.0 Å². The van der Waals surface area contributed by atoms with E-state index in [9.17, 15) is 14.7 Å². The summed E-state index contributed by atoms with van der Waals surface area (Å²) in [6, 6.07) is 16.6. The highest BCUT2D eigenvalue weighted by Crippen LogP contribution is 2.51. The second-order valence-electron chi connectivity index (χ2n) is 9.63. The molecule has 0 aromatic heterocycles. The number of phenolic OH excluding ortho intramolecular Hbond substituents is 1. The Hall–Kier alpha value is -3.12. The van der Waals surface area contributed by atoms with Gasteiger partial charge in [0.05, 0.1) is 0 Å². The quantitative estimate of drug-likeness (QED) is 0.519. The molecule has 2 aromatic carbocycles. The van der Waals surface area contributed by atoms with Crippen LogP contribution in [0.3, 0.4) is 0 Å². The van der Waals surface area contributed by atoms with Crippen molar-refractivity contribution in [3.05, 3.63) is 78.4 Å². The third-order valence-corrected chi connectivity index (χ3v) is 7.61. The Labute approximate surface area is 201 Å². The number of carbonyl (C=O) groups is 2. The van der Waals surface area contributed by atoms with Crippen molar-refractivity contribution < 1.29 is 19.4 Å². The number of aromatic hydroxyl groups is 1. The first-order valence-electron chi connectivity index (χ1n) is 12.0. The van der Waals surface area contributed by atoms with Gasteiger partial charge < -0.3 is 14.7 Å². The van der Waals surface area contributed by atoms with Crippen LogP contribution in [0.1, 0.15) is 42.1 Å². The summed E-state index contributed by atoms with van der Waals surface area (Å²) in [4.78, 5) is 29.6. The molecule has 4 rings (SSSR count). The first-order chi connectivity index (χ1) is 16.3. The van der Waals surface area contributed by atoms with Crippen LogP contribution in [-0.2, 0) is 14.9 Å². The van der Waals surface area contributed by atoms with Crippen molar-refractivity contribution in [2.24, 2.45) is 5.92 Å². The third-order valence-electron chi connectivity index (χ3n) is 7.61.